The minimum absolute atomic E-state index is 0.00426. The van der Waals surface area contributed by atoms with Gasteiger partial charge >= 0.3 is 0 Å². The van der Waals surface area contributed by atoms with Crippen LogP contribution in [0.1, 0.15) is 33.6 Å². The highest BCUT2D eigenvalue weighted by molar-refractivity contribution is 7.93. The number of amides is 3. The second kappa shape index (κ2) is 14.7. The van der Waals surface area contributed by atoms with Crippen molar-refractivity contribution in [1.29, 1.82) is 0 Å². The van der Waals surface area contributed by atoms with E-state index in [4.69, 9.17) is 23.2 Å². The zero-order valence-electron chi connectivity index (χ0n) is 24.7. The lowest BCUT2D eigenvalue weighted by Gasteiger charge is -2.35. The number of carbonyl (C=O) groups is 3. The molecular weight excluding hydrogens is 637 g/mol. The van der Waals surface area contributed by atoms with Gasteiger partial charge in [-0.2, -0.15) is 4.31 Å². The van der Waals surface area contributed by atoms with Crippen LogP contribution < -0.4 is 9.62 Å². The maximum Gasteiger partial charge on any atom is 0.273 e. The van der Waals surface area contributed by atoms with Crippen molar-refractivity contribution < 1.29 is 22.8 Å². The van der Waals surface area contributed by atoms with Gasteiger partial charge in [-0.05, 0) is 80.5 Å². The highest BCUT2D eigenvalue weighted by atomic mass is 35.5. The Bertz CT molecular complexity index is 1630. The van der Waals surface area contributed by atoms with Gasteiger partial charge in [0.1, 0.15) is 0 Å². The predicted molar refractivity (Wildman–Crippen MR) is 174 cm³/mol. The molecule has 1 N–H and O–H groups in total. The van der Waals surface area contributed by atoms with Crippen molar-refractivity contribution in [2.24, 2.45) is 0 Å². The Balaban J connectivity index is 1.20. The number of nitrogens with one attached hydrogen (secondary N) is 1. The number of piperazine rings is 1. The molecule has 5 rings (SSSR count). The van der Waals surface area contributed by atoms with Gasteiger partial charge in [0.25, 0.3) is 21.8 Å². The number of halogens is 2. The number of likely N-dealkylation sites (tertiary alicyclic amines) is 1. The Hall–Kier alpha value is -3.48. The van der Waals surface area contributed by atoms with E-state index in [2.05, 4.69) is 15.1 Å². The molecule has 0 radical (unpaired) electrons. The Morgan fingerprint density at radius 1 is 0.778 bits per heavy atom. The molecule has 10 nitrogen and oxygen atoms in total. The second-order valence-electron chi connectivity index (χ2n) is 11.0. The standard InChI is InChI=1S/C32H35Cl2N5O5S/c33-25-10-13-28(29(34)22-25)32(42)39(26-6-2-1-3-7-26)45(43,44)27-11-8-24(9-12-27)31(41)35-23-30(40)38-20-18-37(19-21-38)17-16-36-14-4-5-15-36/h1-3,6-13,22H,4-5,14-21,23H2,(H,35,41). The molecule has 238 valence electrons. The number of anilines is 1. The fourth-order valence-electron chi connectivity index (χ4n) is 5.46. The summed E-state index contributed by atoms with van der Waals surface area (Å²) < 4.78 is 28.3. The number of carbonyl (C=O) groups excluding carboxylic acids is 3. The number of nitrogens with zero attached hydrogens (tertiary/aromatic N) is 4. The average molecular weight is 673 g/mol. The molecule has 0 unspecified atom stereocenters. The van der Waals surface area contributed by atoms with Gasteiger partial charge in [-0.25, -0.2) is 8.42 Å². The van der Waals surface area contributed by atoms with E-state index in [1.807, 2.05) is 0 Å². The van der Waals surface area contributed by atoms with E-state index in [9.17, 15) is 22.8 Å². The SMILES string of the molecule is O=C(NCC(=O)N1CCN(CCN2CCCC2)CC1)c1ccc(S(=O)(=O)N(C(=O)c2ccc(Cl)cc2Cl)c2ccccc2)cc1. The monoisotopic (exact) mass is 671 g/mol. The molecular formula is C32H35Cl2N5O5S. The lowest BCUT2D eigenvalue weighted by atomic mass is 10.2. The second-order valence-corrected chi connectivity index (χ2v) is 13.6. The van der Waals surface area contributed by atoms with Crippen molar-refractivity contribution in [3.8, 4) is 0 Å². The molecule has 2 aliphatic rings. The number of sulfonamides is 1. The van der Waals surface area contributed by atoms with E-state index in [-0.39, 0.29) is 39.2 Å². The van der Waals surface area contributed by atoms with Gasteiger partial charge in [0.05, 0.1) is 27.7 Å². The van der Waals surface area contributed by atoms with E-state index >= 15 is 0 Å². The minimum atomic E-state index is -4.43. The van der Waals surface area contributed by atoms with Gasteiger partial charge in [0.2, 0.25) is 5.91 Å². The van der Waals surface area contributed by atoms with E-state index in [1.54, 1.807) is 23.1 Å². The quantitative estimate of drug-likeness (QED) is 0.347. The third-order valence-electron chi connectivity index (χ3n) is 8.05. The molecule has 0 spiro atoms. The smallest absolute Gasteiger partial charge is 0.273 e. The zero-order valence-corrected chi connectivity index (χ0v) is 27.0. The fraction of sp³-hybridized carbons (Fsp3) is 0.344. The normalized spacial score (nSPS) is 16.0. The Morgan fingerprint density at radius 3 is 2.02 bits per heavy atom. The maximum atomic E-state index is 13.8. The van der Waals surface area contributed by atoms with Gasteiger partial charge in [-0.1, -0.05) is 41.4 Å². The Morgan fingerprint density at radius 2 is 1.40 bits per heavy atom. The molecule has 0 saturated carbocycles. The van der Waals surface area contributed by atoms with Crippen LogP contribution in [0.2, 0.25) is 10.0 Å². The molecule has 3 aromatic carbocycles. The number of hydrogen-bond donors (Lipinski definition) is 1. The van der Waals surface area contributed by atoms with Gasteiger partial charge in [-0.3, -0.25) is 19.3 Å². The van der Waals surface area contributed by atoms with Crippen LogP contribution in [0, 0.1) is 0 Å². The van der Waals surface area contributed by atoms with Crippen LogP contribution >= 0.6 is 23.2 Å². The highest BCUT2D eigenvalue weighted by Gasteiger charge is 2.33. The summed E-state index contributed by atoms with van der Waals surface area (Å²) in [6.45, 7) is 7.05. The summed E-state index contributed by atoms with van der Waals surface area (Å²) in [5, 5.41) is 2.94. The van der Waals surface area contributed by atoms with Crippen molar-refractivity contribution >= 4 is 56.6 Å². The highest BCUT2D eigenvalue weighted by Crippen LogP contribution is 2.29. The van der Waals surface area contributed by atoms with E-state index in [0.29, 0.717) is 22.4 Å². The van der Waals surface area contributed by atoms with Crippen molar-refractivity contribution in [3.63, 3.8) is 0 Å². The average Bonchev–Trinajstić information content (AvgIpc) is 3.57. The molecule has 0 bridgehead atoms. The molecule has 3 aromatic rings. The van der Waals surface area contributed by atoms with Gasteiger partial charge in [0.15, 0.2) is 0 Å². The first-order valence-electron chi connectivity index (χ1n) is 14.8. The summed E-state index contributed by atoms with van der Waals surface area (Å²) in [5.74, 6) is -1.55. The third kappa shape index (κ3) is 8.03. The molecule has 13 heteroatoms. The van der Waals surface area contributed by atoms with E-state index < -0.39 is 21.8 Å². The molecule has 0 aromatic heterocycles. The van der Waals surface area contributed by atoms with Crippen LogP contribution in [0.5, 0.6) is 0 Å². The maximum absolute atomic E-state index is 13.8. The molecule has 2 aliphatic heterocycles. The summed E-state index contributed by atoms with van der Waals surface area (Å²) in [6.07, 6.45) is 2.54. The number of rotatable bonds is 10. The van der Waals surface area contributed by atoms with Gasteiger partial charge in [-0.15, -0.1) is 0 Å². The molecule has 0 atom stereocenters. The molecule has 2 fully saturated rings. The zero-order chi connectivity index (χ0) is 32.0. The summed E-state index contributed by atoms with van der Waals surface area (Å²) in [7, 11) is -4.43. The van der Waals surface area contributed by atoms with Crippen LogP contribution in [0.4, 0.5) is 5.69 Å². The summed E-state index contributed by atoms with van der Waals surface area (Å²) >= 11 is 12.2. The van der Waals surface area contributed by atoms with Crippen molar-refractivity contribution in [2.75, 3.05) is 63.2 Å². The van der Waals surface area contributed by atoms with Crippen molar-refractivity contribution in [1.82, 2.24) is 20.0 Å². The van der Waals surface area contributed by atoms with Crippen LogP contribution in [0.25, 0.3) is 0 Å². The molecule has 3 amide bonds. The first kappa shape index (κ1) is 32.9. The van der Waals surface area contributed by atoms with Crippen molar-refractivity contribution in [3.05, 3.63) is 94.0 Å². The third-order valence-corrected chi connectivity index (χ3v) is 10.3. The number of hydrogen-bond acceptors (Lipinski definition) is 7. The summed E-state index contributed by atoms with van der Waals surface area (Å²) in [4.78, 5) is 45.6. The Labute approximate surface area is 273 Å². The van der Waals surface area contributed by atoms with E-state index in [1.165, 1.54) is 80.5 Å². The molecule has 0 aliphatic carbocycles. The first-order valence-corrected chi connectivity index (χ1v) is 17.0. The van der Waals surface area contributed by atoms with Crippen LogP contribution in [-0.4, -0.2) is 99.7 Å². The number of para-hydroxylation sites is 1. The largest absolute Gasteiger partial charge is 0.343 e. The fourth-order valence-corrected chi connectivity index (χ4v) is 7.36. The van der Waals surface area contributed by atoms with Crippen LogP contribution in [0.3, 0.4) is 0 Å². The number of benzene rings is 3. The predicted octanol–water partition coefficient (Wildman–Crippen LogP) is 4.00. The lowest BCUT2D eigenvalue weighted by Crippen LogP contribution is -2.52. The van der Waals surface area contributed by atoms with E-state index in [0.717, 1.165) is 26.2 Å². The lowest BCUT2D eigenvalue weighted by molar-refractivity contribution is -0.131. The molecule has 45 heavy (non-hydrogen) atoms. The Kier molecular flexibility index (Phi) is 10.8. The minimum Gasteiger partial charge on any atom is -0.343 e. The van der Waals surface area contributed by atoms with Crippen LogP contribution in [-0.2, 0) is 14.8 Å². The summed E-state index contributed by atoms with van der Waals surface area (Å²) in [5.41, 5.74) is 0.241. The van der Waals surface area contributed by atoms with Crippen LogP contribution in [0.15, 0.2) is 77.7 Å². The summed E-state index contributed by atoms with van der Waals surface area (Å²) in [6, 6.07) is 17.3. The molecule has 2 heterocycles. The van der Waals surface area contributed by atoms with Gasteiger partial charge in [0, 0.05) is 49.9 Å². The molecule has 2 saturated heterocycles. The first-order chi connectivity index (χ1) is 21.6. The van der Waals surface area contributed by atoms with Gasteiger partial charge < -0.3 is 15.1 Å². The van der Waals surface area contributed by atoms with Crippen molar-refractivity contribution in [2.45, 2.75) is 17.7 Å². The topological polar surface area (TPSA) is 110 Å².